The summed E-state index contributed by atoms with van der Waals surface area (Å²) in [6.07, 6.45) is 11.1. The predicted molar refractivity (Wildman–Crippen MR) is 208 cm³/mol. The summed E-state index contributed by atoms with van der Waals surface area (Å²) in [5.74, 6) is 0.605. The molecule has 3 aromatic rings. The van der Waals surface area contributed by atoms with Gasteiger partial charge in [-0.05, 0) is 74.6 Å². The maximum absolute atomic E-state index is 5.55. The zero-order valence-corrected chi connectivity index (χ0v) is 33.0. The van der Waals surface area contributed by atoms with Gasteiger partial charge in [0.2, 0.25) is 6.71 Å². The van der Waals surface area contributed by atoms with Gasteiger partial charge in [-0.2, -0.15) is 0 Å². The van der Waals surface area contributed by atoms with E-state index in [2.05, 4.69) is 156 Å². The average molecular weight is 714 g/mol. The van der Waals surface area contributed by atoms with Crippen LogP contribution in [0, 0.1) is 0 Å². The molecule has 1 heterocycles. The molecule has 0 bridgehead atoms. The number of hydrogen-bond donors (Lipinski definition) is 0. The molecule has 3 rings (SSSR count). The van der Waals surface area contributed by atoms with Gasteiger partial charge in [-0.15, -0.1) is 23.5 Å². The number of halogens is 1. The Morgan fingerprint density at radius 3 is 1.84 bits per heavy atom. The molecule has 1 unspecified atom stereocenters. The summed E-state index contributed by atoms with van der Waals surface area (Å²) in [6.45, 7) is 26.5. The largest absolute Gasteiger partial charge is 0.379 e. The van der Waals surface area contributed by atoms with E-state index in [1.54, 1.807) is 0 Å². The van der Waals surface area contributed by atoms with Crippen molar-refractivity contribution in [3.8, 4) is 0 Å². The normalized spacial score (nSPS) is 13.0. The van der Waals surface area contributed by atoms with E-state index >= 15 is 0 Å². The van der Waals surface area contributed by atoms with Crippen molar-refractivity contribution < 1.29 is 4.74 Å². The van der Waals surface area contributed by atoms with Crippen LogP contribution in [0.25, 0.3) is 0 Å². The summed E-state index contributed by atoms with van der Waals surface area (Å²) in [6, 6.07) is 18.3. The lowest BCUT2D eigenvalue weighted by Gasteiger charge is -2.20. The lowest BCUT2D eigenvalue weighted by molar-refractivity contribution is 0.0747. The molecule has 0 spiro atoms. The van der Waals surface area contributed by atoms with Crippen LogP contribution in [-0.4, -0.2) is 38.5 Å². The Labute approximate surface area is 293 Å². The van der Waals surface area contributed by atoms with E-state index in [1.165, 1.54) is 43.7 Å². The van der Waals surface area contributed by atoms with Crippen LogP contribution < -0.4 is 10.9 Å². The van der Waals surface area contributed by atoms with Crippen molar-refractivity contribution >= 4 is 57.1 Å². The number of rotatable bonds is 14. The number of aromatic nitrogens is 2. The second-order valence-corrected chi connectivity index (χ2v) is 19.2. The second kappa shape index (κ2) is 19.4. The maximum atomic E-state index is 5.55. The second-order valence-electron chi connectivity index (χ2n) is 14.1. The molecule has 0 N–H and O–H groups in total. The number of allylic oxidation sites excluding steroid dienone is 2. The highest BCUT2D eigenvalue weighted by Gasteiger charge is 2.20. The fourth-order valence-electron chi connectivity index (χ4n) is 5.05. The minimum atomic E-state index is 0.233. The number of benzene rings is 2. The van der Waals surface area contributed by atoms with E-state index in [9.17, 15) is 0 Å². The minimum Gasteiger partial charge on any atom is -0.379 e. The van der Waals surface area contributed by atoms with E-state index in [-0.39, 0.29) is 9.49 Å². The van der Waals surface area contributed by atoms with Crippen molar-refractivity contribution in [3.63, 3.8) is 0 Å². The highest BCUT2D eigenvalue weighted by molar-refractivity contribution is 9.11. The van der Waals surface area contributed by atoms with Crippen LogP contribution in [0.4, 0.5) is 0 Å². The summed E-state index contributed by atoms with van der Waals surface area (Å²) in [5, 5.41) is 0. The smallest absolute Gasteiger partial charge is 0.213 e. The number of thioether (sulfide) groups is 2. The molecular weight excluding hydrogens is 655 g/mol. The van der Waals surface area contributed by atoms with Gasteiger partial charge in [-0.1, -0.05) is 119 Å². The van der Waals surface area contributed by atoms with Gasteiger partial charge in [0, 0.05) is 44.3 Å². The minimum absolute atomic E-state index is 0.233. The molecule has 1 atom stereocenters. The Morgan fingerprint density at radius 2 is 1.42 bits per heavy atom. The van der Waals surface area contributed by atoms with Crippen LogP contribution in [0.15, 0.2) is 81.4 Å². The number of hydrogen-bond acceptors (Lipinski definition) is 4. The molecule has 0 fully saturated rings. The van der Waals surface area contributed by atoms with Gasteiger partial charge in [0.05, 0.1) is 12.4 Å². The zero-order chi connectivity index (χ0) is 33.6. The molecule has 0 amide bonds. The molecule has 248 valence electrons. The molecule has 45 heavy (non-hydrogen) atoms. The Hall–Kier alpha value is -1.41. The topological polar surface area (TPSA) is 27.1 Å². The van der Waals surface area contributed by atoms with Crippen molar-refractivity contribution in [3.05, 3.63) is 77.3 Å². The standard InChI is InChI=1S/C24H32BBrS2.C14H26N2O/c1-18(26)16-17-25(19-8-12-21(13-9-19)27-23(2,3)4)20-10-14-22(15-11-20)28-24(5,6)7;1-5-7-13(4)14-10-15-11-16(14)8-6-9-17-12(2)3/h8-16H,17H2,1-7H3;10-13H,5-9H2,1-4H3. The van der Waals surface area contributed by atoms with Crippen molar-refractivity contribution in [1.29, 1.82) is 0 Å². The Balaban J connectivity index is 0.000000355. The maximum Gasteiger partial charge on any atom is 0.213 e. The van der Waals surface area contributed by atoms with Crippen LogP contribution in [0.1, 0.15) is 107 Å². The van der Waals surface area contributed by atoms with Crippen molar-refractivity contribution in [2.45, 2.75) is 140 Å². The zero-order valence-electron chi connectivity index (χ0n) is 29.8. The van der Waals surface area contributed by atoms with Gasteiger partial charge in [0.1, 0.15) is 0 Å². The SMILES string of the molecule is CC(Br)=CCB(c1ccc(SC(C)(C)C)cc1)c1ccc(SC(C)(C)C)cc1.CCCC(C)c1cncn1CCCOC(C)C. The number of imidazole rings is 1. The van der Waals surface area contributed by atoms with Crippen molar-refractivity contribution in [1.82, 2.24) is 9.55 Å². The summed E-state index contributed by atoms with van der Waals surface area (Å²) in [7, 11) is 0. The molecule has 7 heteroatoms. The average Bonchev–Trinajstić information content (AvgIpc) is 3.40. The van der Waals surface area contributed by atoms with Gasteiger partial charge in [-0.25, -0.2) is 4.98 Å². The van der Waals surface area contributed by atoms with Crippen molar-refractivity contribution in [2.75, 3.05) is 6.61 Å². The van der Waals surface area contributed by atoms with Gasteiger partial charge in [0.15, 0.2) is 0 Å². The fraction of sp³-hybridized carbons (Fsp3) is 0.553. The first-order valence-corrected chi connectivity index (χ1v) is 19.0. The first kappa shape index (κ1) is 39.8. The third-order valence-corrected chi connectivity index (χ3v) is 9.58. The first-order chi connectivity index (χ1) is 21.1. The Bertz CT molecular complexity index is 1210. The monoisotopic (exact) mass is 712 g/mol. The lowest BCUT2D eigenvalue weighted by Crippen LogP contribution is -2.41. The van der Waals surface area contributed by atoms with Gasteiger partial charge in [0.25, 0.3) is 0 Å². The van der Waals surface area contributed by atoms with Crippen LogP contribution in [0.3, 0.4) is 0 Å². The molecule has 2 aromatic carbocycles. The number of ether oxygens (including phenoxy) is 1. The van der Waals surface area contributed by atoms with Crippen LogP contribution in [0.5, 0.6) is 0 Å². The highest BCUT2D eigenvalue weighted by atomic mass is 79.9. The van der Waals surface area contributed by atoms with E-state index in [0.717, 1.165) is 25.9 Å². The van der Waals surface area contributed by atoms with Gasteiger partial charge >= 0.3 is 0 Å². The Kier molecular flexibility index (Phi) is 17.2. The number of nitrogens with zero attached hydrogens (tertiary/aromatic N) is 2. The van der Waals surface area contributed by atoms with Crippen LogP contribution in [-0.2, 0) is 11.3 Å². The quantitative estimate of drug-likeness (QED) is 0.0944. The lowest BCUT2D eigenvalue weighted by atomic mass is 9.39. The van der Waals surface area contributed by atoms with Crippen LogP contribution >= 0.6 is 39.5 Å². The van der Waals surface area contributed by atoms with E-state index in [0.29, 0.717) is 18.7 Å². The summed E-state index contributed by atoms with van der Waals surface area (Å²) in [5.41, 5.74) is 4.11. The number of aryl methyl sites for hydroxylation is 1. The first-order valence-electron chi connectivity index (χ1n) is 16.6. The third kappa shape index (κ3) is 16.3. The predicted octanol–water partition coefficient (Wildman–Crippen LogP) is 11.0. The molecule has 0 saturated heterocycles. The molecule has 0 radical (unpaired) electrons. The molecule has 1 aromatic heterocycles. The summed E-state index contributed by atoms with van der Waals surface area (Å²) < 4.78 is 9.48. The summed E-state index contributed by atoms with van der Waals surface area (Å²) in [4.78, 5) is 6.93. The molecular formula is C38H58BBrN2OS2. The molecule has 3 nitrogen and oxygen atoms in total. The fourth-order valence-corrected chi connectivity index (χ4v) is 7.20. The third-order valence-electron chi connectivity index (χ3n) is 7.01. The van der Waals surface area contributed by atoms with Gasteiger partial charge < -0.3 is 9.30 Å². The van der Waals surface area contributed by atoms with E-state index < -0.39 is 0 Å². The van der Waals surface area contributed by atoms with Crippen LogP contribution in [0.2, 0.25) is 6.32 Å². The van der Waals surface area contributed by atoms with Crippen molar-refractivity contribution in [2.24, 2.45) is 0 Å². The Morgan fingerprint density at radius 1 is 0.911 bits per heavy atom. The molecule has 0 aliphatic rings. The molecule has 0 aliphatic carbocycles. The van der Waals surface area contributed by atoms with E-state index in [1.807, 2.05) is 36.0 Å². The van der Waals surface area contributed by atoms with Gasteiger partial charge in [-0.3, -0.25) is 0 Å². The molecule has 0 saturated carbocycles. The summed E-state index contributed by atoms with van der Waals surface area (Å²) >= 11 is 7.43. The van der Waals surface area contributed by atoms with E-state index in [4.69, 9.17) is 4.74 Å². The molecule has 0 aliphatic heterocycles. The highest BCUT2D eigenvalue weighted by Crippen LogP contribution is 2.32.